The van der Waals surface area contributed by atoms with E-state index in [4.69, 9.17) is 4.74 Å². The van der Waals surface area contributed by atoms with Gasteiger partial charge in [-0.05, 0) is 39.5 Å². The molecule has 0 bridgehead atoms. The highest BCUT2D eigenvalue weighted by Crippen LogP contribution is 2.34. The summed E-state index contributed by atoms with van der Waals surface area (Å²) in [5.74, 6) is 0.179. The molecule has 1 atom stereocenters. The molecule has 0 aromatic carbocycles. The van der Waals surface area contributed by atoms with Crippen molar-refractivity contribution in [3.8, 4) is 0 Å². The van der Waals surface area contributed by atoms with Crippen LogP contribution in [0.25, 0.3) is 0 Å². The molecule has 1 saturated heterocycles. The molecule has 1 rings (SSSR count). The summed E-state index contributed by atoms with van der Waals surface area (Å²) in [6.07, 6.45) is 1.13. The molecule has 98 valence electrons. The number of hydrogen-bond donors (Lipinski definition) is 0. The third kappa shape index (κ3) is 4.36. The Morgan fingerprint density at radius 2 is 1.94 bits per heavy atom. The molecule has 0 saturated carbocycles. The molecule has 4 nitrogen and oxygen atoms in total. The smallest absolute Gasteiger partial charge is 0.410 e. The Bertz CT molecular complexity index is 319. The normalized spacial score (nSPS) is 24.9. The molecule has 1 heterocycles. The first-order valence-corrected chi connectivity index (χ1v) is 6.09. The van der Waals surface area contributed by atoms with Gasteiger partial charge in [-0.1, -0.05) is 6.92 Å². The average molecular weight is 241 g/mol. The zero-order chi connectivity index (χ0) is 13.3. The molecule has 1 fully saturated rings. The van der Waals surface area contributed by atoms with E-state index in [1.54, 1.807) is 11.8 Å². The summed E-state index contributed by atoms with van der Waals surface area (Å²) in [6.45, 7) is 10.5. The fraction of sp³-hybridized carbons (Fsp3) is 0.846. The number of nitrogens with zero attached hydrogens (tertiary/aromatic N) is 1. The Balaban J connectivity index is 2.55. The SMILES string of the molecule is CC(=O)CC1(C)CCN(C(=O)OC(C)(C)C)C1. The van der Waals surface area contributed by atoms with Crippen LogP contribution in [0.15, 0.2) is 0 Å². The molecule has 0 spiro atoms. The van der Waals surface area contributed by atoms with Gasteiger partial charge in [0.1, 0.15) is 11.4 Å². The van der Waals surface area contributed by atoms with Crippen LogP contribution < -0.4 is 0 Å². The highest BCUT2D eigenvalue weighted by molar-refractivity contribution is 5.76. The molecule has 1 amide bonds. The first-order chi connectivity index (χ1) is 7.61. The number of rotatable bonds is 2. The quantitative estimate of drug-likeness (QED) is 0.746. The molecular weight excluding hydrogens is 218 g/mol. The molecule has 4 heteroatoms. The van der Waals surface area contributed by atoms with Crippen LogP contribution in [0.4, 0.5) is 4.79 Å². The lowest BCUT2D eigenvalue weighted by molar-refractivity contribution is -0.118. The summed E-state index contributed by atoms with van der Waals surface area (Å²) in [4.78, 5) is 24.7. The van der Waals surface area contributed by atoms with Gasteiger partial charge in [0.05, 0.1) is 0 Å². The summed E-state index contributed by atoms with van der Waals surface area (Å²) in [7, 11) is 0. The van der Waals surface area contributed by atoms with Crippen molar-refractivity contribution in [1.82, 2.24) is 4.90 Å². The molecule has 0 aliphatic carbocycles. The molecule has 0 radical (unpaired) electrons. The number of Topliss-reactive ketones (excluding diaryl/α,β-unsaturated/α-hetero) is 1. The maximum Gasteiger partial charge on any atom is 0.410 e. The van der Waals surface area contributed by atoms with Crippen LogP contribution in [0.5, 0.6) is 0 Å². The number of carbonyl (C=O) groups is 2. The first kappa shape index (κ1) is 14.0. The fourth-order valence-corrected chi connectivity index (χ4v) is 2.25. The maximum absolute atomic E-state index is 11.9. The van der Waals surface area contributed by atoms with E-state index in [-0.39, 0.29) is 17.3 Å². The van der Waals surface area contributed by atoms with Crippen molar-refractivity contribution in [2.75, 3.05) is 13.1 Å². The van der Waals surface area contributed by atoms with Crippen LogP contribution in [0, 0.1) is 5.41 Å². The highest BCUT2D eigenvalue weighted by atomic mass is 16.6. The number of ketones is 1. The Labute approximate surface area is 103 Å². The van der Waals surface area contributed by atoms with E-state index in [2.05, 4.69) is 6.92 Å². The Morgan fingerprint density at radius 1 is 1.35 bits per heavy atom. The van der Waals surface area contributed by atoms with Gasteiger partial charge in [-0.2, -0.15) is 0 Å². The third-order valence-electron chi connectivity index (χ3n) is 2.89. The van der Waals surface area contributed by atoms with Gasteiger partial charge in [0, 0.05) is 19.5 Å². The van der Waals surface area contributed by atoms with Crippen LogP contribution >= 0.6 is 0 Å². The molecule has 0 aromatic rings. The molecular formula is C13H23NO3. The second-order valence-electron chi connectivity index (χ2n) is 6.34. The van der Waals surface area contributed by atoms with E-state index in [9.17, 15) is 9.59 Å². The van der Waals surface area contributed by atoms with Gasteiger partial charge in [-0.15, -0.1) is 0 Å². The predicted molar refractivity (Wildman–Crippen MR) is 65.8 cm³/mol. The Hall–Kier alpha value is -1.06. The lowest BCUT2D eigenvalue weighted by Crippen LogP contribution is -2.36. The van der Waals surface area contributed by atoms with Crippen molar-refractivity contribution in [1.29, 1.82) is 0 Å². The molecule has 1 unspecified atom stereocenters. The van der Waals surface area contributed by atoms with Crippen molar-refractivity contribution in [3.63, 3.8) is 0 Å². The zero-order valence-electron chi connectivity index (χ0n) is 11.5. The summed E-state index contributed by atoms with van der Waals surface area (Å²) in [5, 5.41) is 0. The molecule has 17 heavy (non-hydrogen) atoms. The number of likely N-dealkylation sites (tertiary alicyclic amines) is 1. The second kappa shape index (κ2) is 4.67. The molecule has 0 aromatic heterocycles. The van der Waals surface area contributed by atoms with Crippen LogP contribution in [-0.4, -0.2) is 35.5 Å². The van der Waals surface area contributed by atoms with E-state index in [1.807, 2.05) is 20.8 Å². The van der Waals surface area contributed by atoms with Gasteiger partial charge in [0.2, 0.25) is 0 Å². The summed E-state index contributed by atoms with van der Waals surface area (Å²) in [5.41, 5.74) is -0.542. The molecule has 0 N–H and O–H groups in total. The molecule has 1 aliphatic rings. The van der Waals surface area contributed by atoms with Crippen LogP contribution in [-0.2, 0) is 9.53 Å². The second-order valence-corrected chi connectivity index (χ2v) is 6.34. The van der Waals surface area contributed by atoms with Crippen molar-refractivity contribution >= 4 is 11.9 Å². The van der Waals surface area contributed by atoms with E-state index in [0.717, 1.165) is 6.42 Å². The maximum atomic E-state index is 11.9. The van der Waals surface area contributed by atoms with Crippen molar-refractivity contribution in [2.24, 2.45) is 5.41 Å². The molecule has 1 aliphatic heterocycles. The summed E-state index contributed by atoms with van der Waals surface area (Å²) >= 11 is 0. The summed E-state index contributed by atoms with van der Waals surface area (Å²) in [6, 6.07) is 0. The summed E-state index contributed by atoms with van der Waals surface area (Å²) < 4.78 is 5.32. The van der Waals surface area contributed by atoms with Crippen LogP contribution in [0.1, 0.15) is 47.5 Å². The van der Waals surface area contributed by atoms with Gasteiger partial charge >= 0.3 is 6.09 Å². The standard InChI is InChI=1S/C13H23NO3/c1-10(15)8-13(5)6-7-14(9-13)11(16)17-12(2,3)4/h6-9H2,1-5H3. The minimum atomic E-state index is -0.462. The lowest BCUT2D eigenvalue weighted by Gasteiger charge is -2.26. The van der Waals surface area contributed by atoms with Crippen molar-refractivity contribution in [2.45, 2.75) is 53.1 Å². The van der Waals surface area contributed by atoms with Gasteiger partial charge in [0.25, 0.3) is 0 Å². The largest absolute Gasteiger partial charge is 0.444 e. The van der Waals surface area contributed by atoms with Gasteiger partial charge in [-0.25, -0.2) is 4.79 Å². The number of amides is 1. The predicted octanol–water partition coefficient (Wildman–Crippen LogP) is 2.61. The lowest BCUT2D eigenvalue weighted by atomic mass is 9.84. The van der Waals surface area contributed by atoms with E-state index in [0.29, 0.717) is 19.5 Å². The van der Waals surface area contributed by atoms with E-state index >= 15 is 0 Å². The van der Waals surface area contributed by atoms with Crippen molar-refractivity contribution < 1.29 is 14.3 Å². The van der Waals surface area contributed by atoms with Gasteiger partial charge in [0.15, 0.2) is 0 Å². The van der Waals surface area contributed by atoms with Gasteiger partial charge < -0.3 is 14.4 Å². The average Bonchev–Trinajstić information content (AvgIpc) is 2.43. The minimum Gasteiger partial charge on any atom is -0.444 e. The van der Waals surface area contributed by atoms with Gasteiger partial charge in [-0.3, -0.25) is 0 Å². The fourth-order valence-electron chi connectivity index (χ4n) is 2.25. The minimum absolute atomic E-state index is 0.0806. The van der Waals surface area contributed by atoms with Crippen LogP contribution in [0.3, 0.4) is 0 Å². The topological polar surface area (TPSA) is 46.6 Å². The van der Waals surface area contributed by atoms with E-state index < -0.39 is 5.60 Å². The Morgan fingerprint density at radius 3 is 2.41 bits per heavy atom. The van der Waals surface area contributed by atoms with Crippen LogP contribution in [0.2, 0.25) is 0 Å². The van der Waals surface area contributed by atoms with Crippen molar-refractivity contribution in [3.05, 3.63) is 0 Å². The van der Waals surface area contributed by atoms with E-state index in [1.165, 1.54) is 0 Å². The first-order valence-electron chi connectivity index (χ1n) is 6.09. The Kier molecular flexibility index (Phi) is 3.84. The zero-order valence-corrected chi connectivity index (χ0v) is 11.5. The number of carbonyl (C=O) groups excluding carboxylic acids is 2. The monoisotopic (exact) mass is 241 g/mol. The third-order valence-corrected chi connectivity index (χ3v) is 2.89. The highest BCUT2D eigenvalue weighted by Gasteiger charge is 2.38. The number of ether oxygens (including phenoxy) is 1. The number of hydrogen-bond acceptors (Lipinski definition) is 3.